The highest BCUT2D eigenvalue weighted by Gasteiger charge is 2.46. The molecule has 2 aliphatic rings. The second-order valence-electron chi connectivity index (χ2n) is 7.47. The predicted octanol–water partition coefficient (Wildman–Crippen LogP) is 3.69. The second-order valence-corrected chi connectivity index (χ2v) is 7.47. The number of likely N-dealkylation sites (tertiary alicyclic amines) is 1. The molecule has 2 atom stereocenters. The maximum absolute atomic E-state index is 7.06. The highest BCUT2D eigenvalue weighted by molar-refractivity contribution is 5.41. The normalized spacial score (nSPS) is 30.4. The Morgan fingerprint density at radius 1 is 1.14 bits per heavy atom. The van der Waals surface area contributed by atoms with Crippen molar-refractivity contribution < 1.29 is 0 Å². The van der Waals surface area contributed by atoms with E-state index in [-0.39, 0.29) is 5.54 Å². The molecule has 1 aromatic rings. The minimum atomic E-state index is -0.158. The van der Waals surface area contributed by atoms with E-state index >= 15 is 0 Å². The zero-order valence-electron chi connectivity index (χ0n) is 13.6. The minimum absolute atomic E-state index is 0.158. The number of nitrogens with two attached hydrogens (primary N) is 1. The van der Waals surface area contributed by atoms with Gasteiger partial charge in [0.2, 0.25) is 0 Å². The Kier molecular flexibility index (Phi) is 4.37. The highest BCUT2D eigenvalue weighted by atomic mass is 15.2. The monoisotopic (exact) mass is 286 g/mol. The van der Waals surface area contributed by atoms with Crippen molar-refractivity contribution in [2.24, 2.45) is 11.7 Å². The summed E-state index contributed by atoms with van der Waals surface area (Å²) in [7, 11) is 0. The van der Waals surface area contributed by atoms with Gasteiger partial charge in [-0.1, -0.05) is 51.0 Å². The maximum Gasteiger partial charge on any atom is 0.0575 e. The Morgan fingerprint density at radius 3 is 2.48 bits per heavy atom. The number of benzene rings is 1. The summed E-state index contributed by atoms with van der Waals surface area (Å²) >= 11 is 0. The van der Waals surface area contributed by atoms with Crippen LogP contribution in [-0.4, -0.2) is 24.0 Å². The van der Waals surface area contributed by atoms with Gasteiger partial charge in [0.1, 0.15) is 0 Å². The fourth-order valence-electron chi connectivity index (χ4n) is 4.51. The van der Waals surface area contributed by atoms with Crippen molar-refractivity contribution in [2.45, 2.75) is 64.0 Å². The first kappa shape index (κ1) is 15.1. The Hall–Kier alpha value is -0.860. The van der Waals surface area contributed by atoms with Crippen molar-refractivity contribution in [2.75, 3.05) is 13.1 Å². The molecule has 1 aliphatic heterocycles. The van der Waals surface area contributed by atoms with Crippen molar-refractivity contribution in [1.82, 2.24) is 4.90 Å². The fourth-order valence-corrected chi connectivity index (χ4v) is 4.51. The Balaban J connectivity index is 1.92. The third-order valence-corrected chi connectivity index (χ3v) is 5.35. The van der Waals surface area contributed by atoms with Crippen molar-refractivity contribution in [3.05, 3.63) is 35.4 Å². The second kappa shape index (κ2) is 6.10. The summed E-state index contributed by atoms with van der Waals surface area (Å²) in [6, 6.07) is 9.38. The van der Waals surface area contributed by atoms with Gasteiger partial charge >= 0.3 is 0 Å². The van der Waals surface area contributed by atoms with Crippen LogP contribution < -0.4 is 5.73 Å². The van der Waals surface area contributed by atoms with Gasteiger partial charge in [-0.15, -0.1) is 0 Å². The average Bonchev–Trinajstić information content (AvgIpc) is 2.64. The molecule has 1 fully saturated rings. The molecule has 1 aliphatic carbocycles. The molecule has 116 valence electrons. The molecular formula is C19H30N2. The van der Waals surface area contributed by atoms with E-state index in [9.17, 15) is 0 Å². The molecule has 0 radical (unpaired) electrons. The Labute approximate surface area is 129 Å². The van der Waals surface area contributed by atoms with Gasteiger partial charge in [-0.2, -0.15) is 0 Å². The van der Waals surface area contributed by atoms with Crippen LogP contribution in [0.2, 0.25) is 0 Å². The molecule has 1 aromatic carbocycles. The molecule has 2 nitrogen and oxygen atoms in total. The molecular weight excluding hydrogens is 256 g/mol. The van der Waals surface area contributed by atoms with Gasteiger partial charge in [-0.3, -0.25) is 4.90 Å². The molecule has 2 N–H and O–H groups in total. The summed E-state index contributed by atoms with van der Waals surface area (Å²) in [5.41, 5.74) is 9.79. The first-order chi connectivity index (χ1) is 10.1. The zero-order chi connectivity index (χ0) is 14.9. The van der Waals surface area contributed by atoms with E-state index in [1.165, 1.54) is 49.9 Å². The summed E-state index contributed by atoms with van der Waals surface area (Å²) in [4.78, 5) is 2.70. The van der Waals surface area contributed by atoms with Crippen LogP contribution in [0.3, 0.4) is 0 Å². The van der Waals surface area contributed by atoms with E-state index < -0.39 is 0 Å². The largest absolute Gasteiger partial charge is 0.320 e. The Morgan fingerprint density at radius 2 is 1.81 bits per heavy atom. The van der Waals surface area contributed by atoms with Crippen molar-refractivity contribution in [3.8, 4) is 0 Å². The lowest BCUT2D eigenvalue weighted by Crippen LogP contribution is -2.54. The third-order valence-electron chi connectivity index (χ3n) is 5.35. The van der Waals surface area contributed by atoms with E-state index in [1.54, 1.807) is 0 Å². The molecule has 2 heteroatoms. The molecule has 0 spiro atoms. The number of fused-ring (bicyclic) bond motifs is 1. The van der Waals surface area contributed by atoms with Crippen molar-refractivity contribution in [1.29, 1.82) is 0 Å². The van der Waals surface area contributed by atoms with Crippen LogP contribution in [0.15, 0.2) is 24.3 Å². The standard InChI is InChI=1S/C19H30N2/c1-15(2)14-19(20)17-10-6-5-9-16(17)13-18(19)21-11-7-3-4-8-12-21/h5-6,9-10,15,18H,3-4,7-8,11-14,20H2,1-2H3. The number of rotatable bonds is 3. The van der Waals surface area contributed by atoms with Crippen LogP contribution in [-0.2, 0) is 12.0 Å². The molecule has 0 bridgehead atoms. The van der Waals surface area contributed by atoms with Gasteiger partial charge in [-0.05, 0) is 55.8 Å². The number of hydrogen-bond donors (Lipinski definition) is 1. The van der Waals surface area contributed by atoms with Crippen molar-refractivity contribution >= 4 is 0 Å². The van der Waals surface area contributed by atoms with E-state index in [4.69, 9.17) is 5.73 Å². The lowest BCUT2D eigenvalue weighted by molar-refractivity contribution is 0.119. The van der Waals surface area contributed by atoms with E-state index in [1.807, 2.05) is 0 Å². The summed E-state index contributed by atoms with van der Waals surface area (Å²) in [5.74, 6) is 0.635. The lowest BCUT2D eigenvalue weighted by atomic mass is 9.81. The summed E-state index contributed by atoms with van der Waals surface area (Å²) in [6.07, 6.45) is 7.68. The van der Waals surface area contributed by atoms with Crippen LogP contribution in [0, 0.1) is 5.92 Å². The van der Waals surface area contributed by atoms with E-state index in [0.717, 1.165) is 12.8 Å². The van der Waals surface area contributed by atoms with Gasteiger partial charge in [-0.25, -0.2) is 0 Å². The topological polar surface area (TPSA) is 29.3 Å². The molecule has 1 heterocycles. The van der Waals surface area contributed by atoms with E-state index in [2.05, 4.69) is 43.0 Å². The van der Waals surface area contributed by atoms with E-state index in [0.29, 0.717) is 12.0 Å². The van der Waals surface area contributed by atoms with Crippen LogP contribution in [0.1, 0.15) is 57.1 Å². The van der Waals surface area contributed by atoms with Gasteiger partial charge in [0.15, 0.2) is 0 Å². The highest BCUT2D eigenvalue weighted by Crippen LogP contribution is 2.42. The molecule has 2 unspecified atom stereocenters. The first-order valence-electron chi connectivity index (χ1n) is 8.72. The van der Waals surface area contributed by atoms with Crippen LogP contribution in [0.4, 0.5) is 0 Å². The third kappa shape index (κ3) is 2.89. The predicted molar refractivity (Wildman–Crippen MR) is 89.3 cm³/mol. The van der Waals surface area contributed by atoms with Gasteiger partial charge in [0.05, 0.1) is 5.54 Å². The fraction of sp³-hybridized carbons (Fsp3) is 0.684. The number of hydrogen-bond acceptors (Lipinski definition) is 2. The molecule has 0 amide bonds. The van der Waals surface area contributed by atoms with Crippen LogP contribution in [0.5, 0.6) is 0 Å². The summed E-state index contributed by atoms with van der Waals surface area (Å²) in [5, 5.41) is 0. The molecule has 21 heavy (non-hydrogen) atoms. The quantitative estimate of drug-likeness (QED) is 0.918. The zero-order valence-corrected chi connectivity index (χ0v) is 13.6. The SMILES string of the molecule is CC(C)CC1(N)c2ccccc2CC1N1CCCCCC1. The number of nitrogens with zero attached hydrogens (tertiary/aromatic N) is 1. The van der Waals surface area contributed by atoms with Crippen LogP contribution in [0.25, 0.3) is 0 Å². The molecule has 1 saturated heterocycles. The summed E-state index contributed by atoms with van der Waals surface area (Å²) in [6.45, 7) is 7.06. The first-order valence-corrected chi connectivity index (χ1v) is 8.72. The van der Waals surface area contributed by atoms with Gasteiger partial charge < -0.3 is 5.73 Å². The summed E-state index contributed by atoms with van der Waals surface area (Å²) < 4.78 is 0. The van der Waals surface area contributed by atoms with Crippen molar-refractivity contribution in [3.63, 3.8) is 0 Å². The smallest absolute Gasteiger partial charge is 0.0575 e. The minimum Gasteiger partial charge on any atom is -0.320 e. The van der Waals surface area contributed by atoms with Crippen LogP contribution >= 0.6 is 0 Å². The molecule has 3 rings (SSSR count). The lowest BCUT2D eigenvalue weighted by Gasteiger charge is -2.41. The maximum atomic E-state index is 7.06. The molecule has 0 aromatic heterocycles. The molecule has 0 saturated carbocycles. The average molecular weight is 286 g/mol. The Bertz CT molecular complexity index is 474. The van der Waals surface area contributed by atoms with Gasteiger partial charge in [0, 0.05) is 6.04 Å². The van der Waals surface area contributed by atoms with Gasteiger partial charge in [0.25, 0.3) is 0 Å².